The fourth-order valence-corrected chi connectivity index (χ4v) is 3.15. The Morgan fingerprint density at radius 1 is 1.07 bits per heavy atom. The molecule has 1 unspecified atom stereocenters. The van der Waals surface area contributed by atoms with E-state index in [-0.39, 0.29) is 18.0 Å². The lowest BCUT2D eigenvalue weighted by Gasteiger charge is -2.08. The second-order valence-electron chi connectivity index (χ2n) is 6.96. The molecule has 1 saturated heterocycles. The molecule has 1 fully saturated rings. The maximum atomic E-state index is 11.4. The Morgan fingerprint density at radius 2 is 1.70 bits per heavy atom. The van der Waals surface area contributed by atoms with Crippen molar-refractivity contribution < 1.29 is 23.8 Å². The summed E-state index contributed by atoms with van der Waals surface area (Å²) in [6.07, 6.45) is 9.84. The second-order valence-corrected chi connectivity index (χ2v) is 6.96. The Hall–Kier alpha value is -2.30. The van der Waals surface area contributed by atoms with Gasteiger partial charge in [0.1, 0.15) is 11.9 Å². The van der Waals surface area contributed by atoms with Gasteiger partial charge >= 0.3 is 11.9 Å². The first-order valence-corrected chi connectivity index (χ1v) is 9.80. The van der Waals surface area contributed by atoms with Crippen LogP contribution in [0, 0.1) is 0 Å². The third-order valence-corrected chi connectivity index (χ3v) is 4.75. The number of ether oxygens (including phenoxy) is 3. The molecule has 27 heavy (non-hydrogen) atoms. The van der Waals surface area contributed by atoms with Crippen molar-refractivity contribution in [2.75, 3.05) is 13.7 Å². The lowest BCUT2D eigenvalue weighted by atomic mass is 10.0. The largest absolute Gasteiger partial charge is 0.494 e. The molecular formula is C22H30O5. The highest BCUT2D eigenvalue weighted by atomic mass is 16.5. The summed E-state index contributed by atoms with van der Waals surface area (Å²) in [5, 5.41) is 0. The molecule has 0 N–H and O–H groups in total. The third kappa shape index (κ3) is 7.45. The average Bonchev–Trinajstić information content (AvgIpc) is 3.00. The fourth-order valence-electron chi connectivity index (χ4n) is 3.15. The van der Waals surface area contributed by atoms with E-state index in [4.69, 9.17) is 9.47 Å². The standard InChI is InChI=1S/C22H30O5/c1-17-16-20(27-21(17)23)10-8-6-4-3-5-7-9-15-26-19-13-11-18(12-14-19)22(24)25-2/h11-14,20H,1,3-10,15-16H2,2H3. The van der Waals surface area contributed by atoms with Crippen LogP contribution in [0.1, 0.15) is 68.1 Å². The summed E-state index contributed by atoms with van der Waals surface area (Å²) < 4.78 is 15.6. The van der Waals surface area contributed by atoms with Crippen LogP contribution in [0.15, 0.2) is 36.4 Å². The van der Waals surface area contributed by atoms with E-state index in [1.165, 1.54) is 32.8 Å². The van der Waals surface area contributed by atoms with E-state index in [9.17, 15) is 9.59 Å². The number of cyclic esters (lactones) is 1. The zero-order valence-corrected chi connectivity index (χ0v) is 16.2. The first-order chi connectivity index (χ1) is 13.1. The van der Waals surface area contributed by atoms with E-state index < -0.39 is 0 Å². The number of hydrogen-bond acceptors (Lipinski definition) is 5. The molecule has 2 rings (SSSR count). The van der Waals surface area contributed by atoms with Gasteiger partial charge in [0.2, 0.25) is 0 Å². The van der Waals surface area contributed by atoms with Gasteiger partial charge in [0.05, 0.1) is 19.3 Å². The number of carbonyl (C=O) groups excluding carboxylic acids is 2. The molecule has 1 aromatic carbocycles. The second kappa shape index (κ2) is 11.4. The van der Waals surface area contributed by atoms with Crippen molar-refractivity contribution in [2.45, 2.75) is 63.9 Å². The Morgan fingerprint density at radius 3 is 2.30 bits per heavy atom. The molecule has 0 bridgehead atoms. The quantitative estimate of drug-likeness (QED) is 0.297. The SMILES string of the molecule is C=C1CC(CCCCCCCCCOc2ccc(C(=O)OC)cc2)OC1=O. The van der Waals surface area contributed by atoms with Gasteiger partial charge in [-0.1, -0.05) is 38.7 Å². The van der Waals surface area contributed by atoms with Crippen LogP contribution in [0.25, 0.3) is 0 Å². The Bertz CT molecular complexity index is 604. The number of carbonyl (C=O) groups is 2. The van der Waals surface area contributed by atoms with E-state index in [2.05, 4.69) is 11.3 Å². The minimum atomic E-state index is -0.337. The molecular weight excluding hydrogens is 344 g/mol. The molecule has 148 valence electrons. The zero-order valence-electron chi connectivity index (χ0n) is 16.2. The number of unbranched alkanes of at least 4 members (excludes halogenated alkanes) is 6. The van der Waals surface area contributed by atoms with Crippen LogP contribution in [0.3, 0.4) is 0 Å². The van der Waals surface area contributed by atoms with E-state index >= 15 is 0 Å². The first-order valence-electron chi connectivity index (χ1n) is 9.80. The summed E-state index contributed by atoms with van der Waals surface area (Å²) in [6, 6.07) is 7.01. The van der Waals surface area contributed by atoms with Crippen molar-refractivity contribution in [3.05, 3.63) is 42.0 Å². The lowest BCUT2D eigenvalue weighted by Crippen LogP contribution is -2.06. The molecule has 1 atom stereocenters. The van der Waals surface area contributed by atoms with Gasteiger partial charge in [0, 0.05) is 12.0 Å². The molecule has 1 aliphatic rings. The molecule has 1 heterocycles. The summed E-state index contributed by atoms with van der Waals surface area (Å²) >= 11 is 0. The molecule has 0 aliphatic carbocycles. The van der Waals surface area contributed by atoms with E-state index in [0.29, 0.717) is 24.2 Å². The number of esters is 2. The maximum Gasteiger partial charge on any atom is 0.337 e. The molecule has 1 aliphatic heterocycles. The highest BCUT2D eigenvalue weighted by Gasteiger charge is 2.26. The lowest BCUT2D eigenvalue weighted by molar-refractivity contribution is -0.139. The van der Waals surface area contributed by atoms with E-state index in [1.54, 1.807) is 24.3 Å². The summed E-state index contributed by atoms with van der Waals surface area (Å²) in [7, 11) is 1.37. The number of benzene rings is 1. The normalized spacial score (nSPS) is 16.3. The van der Waals surface area contributed by atoms with Crippen LogP contribution in [-0.4, -0.2) is 31.8 Å². The van der Waals surface area contributed by atoms with Crippen molar-refractivity contribution in [1.82, 2.24) is 0 Å². The van der Waals surface area contributed by atoms with Crippen LogP contribution >= 0.6 is 0 Å². The van der Waals surface area contributed by atoms with Crippen LogP contribution in [-0.2, 0) is 14.3 Å². The summed E-state index contributed by atoms with van der Waals surface area (Å²) in [5.74, 6) is 0.218. The van der Waals surface area contributed by atoms with Crippen LogP contribution in [0.2, 0.25) is 0 Å². The number of methoxy groups -OCH3 is 1. The topological polar surface area (TPSA) is 61.8 Å². The van der Waals surface area contributed by atoms with Crippen LogP contribution in [0.4, 0.5) is 0 Å². The van der Waals surface area contributed by atoms with E-state index in [1.807, 2.05) is 0 Å². The minimum Gasteiger partial charge on any atom is -0.494 e. The number of hydrogen-bond donors (Lipinski definition) is 0. The Balaban J connectivity index is 1.42. The smallest absolute Gasteiger partial charge is 0.337 e. The van der Waals surface area contributed by atoms with Crippen LogP contribution < -0.4 is 4.74 Å². The highest BCUT2D eigenvalue weighted by Crippen LogP contribution is 2.23. The molecule has 0 saturated carbocycles. The molecule has 0 aromatic heterocycles. The van der Waals surface area contributed by atoms with Crippen molar-refractivity contribution in [1.29, 1.82) is 0 Å². The van der Waals surface area contributed by atoms with E-state index in [0.717, 1.165) is 31.4 Å². The summed E-state index contributed by atoms with van der Waals surface area (Å²) in [4.78, 5) is 22.6. The summed E-state index contributed by atoms with van der Waals surface area (Å²) in [5.41, 5.74) is 1.14. The van der Waals surface area contributed by atoms with Gasteiger partial charge in [-0.25, -0.2) is 9.59 Å². The van der Waals surface area contributed by atoms with Gasteiger partial charge in [0.15, 0.2) is 0 Å². The third-order valence-electron chi connectivity index (χ3n) is 4.75. The molecule has 1 aromatic rings. The highest BCUT2D eigenvalue weighted by molar-refractivity contribution is 5.90. The molecule has 0 radical (unpaired) electrons. The predicted molar refractivity (Wildman–Crippen MR) is 104 cm³/mol. The van der Waals surface area contributed by atoms with Crippen molar-refractivity contribution in [3.8, 4) is 5.75 Å². The fraction of sp³-hybridized carbons (Fsp3) is 0.545. The Kier molecular flexibility index (Phi) is 8.89. The van der Waals surface area contributed by atoms with Gasteiger partial charge in [-0.05, 0) is 43.5 Å². The molecule has 0 spiro atoms. The zero-order chi connectivity index (χ0) is 19.5. The first kappa shape index (κ1) is 21.0. The Labute approximate surface area is 161 Å². The molecule has 5 heteroatoms. The summed E-state index contributed by atoms with van der Waals surface area (Å²) in [6.45, 7) is 4.40. The van der Waals surface area contributed by atoms with Gasteiger partial charge in [-0.2, -0.15) is 0 Å². The van der Waals surface area contributed by atoms with Gasteiger partial charge in [-0.15, -0.1) is 0 Å². The minimum absolute atomic E-state index is 0.0591. The van der Waals surface area contributed by atoms with Crippen molar-refractivity contribution >= 4 is 11.9 Å². The maximum absolute atomic E-state index is 11.4. The van der Waals surface area contributed by atoms with Gasteiger partial charge in [0.25, 0.3) is 0 Å². The number of rotatable bonds is 12. The van der Waals surface area contributed by atoms with Crippen LogP contribution in [0.5, 0.6) is 5.75 Å². The van der Waals surface area contributed by atoms with Gasteiger partial charge < -0.3 is 14.2 Å². The molecule has 5 nitrogen and oxygen atoms in total. The monoisotopic (exact) mass is 374 g/mol. The molecule has 0 amide bonds. The van der Waals surface area contributed by atoms with Crippen molar-refractivity contribution in [3.63, 3.8) is 0 Å². The van der Waals surface area contributed by atoms with Crippen molar-refractivity contribution in [2.24, 2.45) is 0 Å². The van der Waals surface area contributed by atoms with Gasteiger partial charge in [-0.3, -0.25) is 0 Å². The average molecular weight is 374 g/mol. The predicted octanol–water partition coefficient (Wildman–Crippen LogP) is 4.84.